The van der Waals surface area contributed by atoms with Crippen LogP contribution < -0.4 is 14.8 Å². The summed E-state index contributed by atoms with van der Waals surface area (Å²) in [5.41, 5.74) is 0.939. The molecule has 0 aromatic heterocycles. The quantitative estimate of drug-likeness (QED) is 0.509. The van der Waals surface area contributed by atoms with Crippen molar-refractivity contribution in [3.05, 3.63) is 72.5 Å². The molecular formula is C19H17FNO6PS. The lowest BCUT2D eigenvalue weighted by atomic mass is 10.1. The second kappa shape index (κ2) is 7.96. The maximum atomic E-state index is 13.0. The summed E-state index contributed by atoms with van der Waals surface area (Å²) in [6.45, 7) is 0. The number of rotatable bonds is 6. The van der Waals surface area contributed by atoms with Crippen molar-refractivity contribution >= 4 is 28.6 Å². The standard InChI is InChI=1S/C19H17FNO6PS/c1-29(25,26)21-18-11-4-14(12-19(18)28(22,23)24)13-2-7-16(8-3-13)27-17-9-5-15(20)6-10-17/h2-12,21H,1H3,(H2,22,23,24). The molecule has 3 rings (SSSR count). The molecule has 29 heavy (non-hydrogen) atoms. The van der Waals surface area contributed by atoms with Gasteiger partial charge in [0, 0.05) is 0 Å². The van der Waals surface area contributed by atoms with E-state index < -0.39 is 22.9 Å². The van der Waals surface area contributed by atoms with Gasteiger partial charge in [0.25, 0.3) is 0 Å². The van der Waals surface area contributed by atoms with E-state index in [4.69, 9.17) is 4.74 Å². The lowest BCUT2D eigenvalue weighted by Crippen LogP contribution is -2.18. The smallest absolute Gasteiger partial charge is 0.358 e. The molecule has 0 fully saturated rings. The van der Waals surface area contributed by atoms with Crippen molar-refractivity contribution < 1.29 is 31.9 Å². The monoisotopic (exact) mass is 437 g/mol. The first-order valence-electron chi connectivity index (χ1n) is 8.23. The number of benzene rings is 3. The summed E-state index contributed by atoms with van der Waals surface area (Å²) >= 11 is 0. The maximum Gasteiger partial charge on any atom is 0.358 e. The average molecular weight is 437 g/mol. The van der Waals surface area contributed by atoms with E-state index in [-0.39, 0.29) is 11.5 Å². The van der Waals surface area contributed by atoms with E-state index in [1.165, 1.54) is 36.4 Å². The van der Waals surface area contributed by atoms with E-state index in [0.717, 1.165) is 6.26 Å². The highest BCUT2D eigenvalue weighted by atomic mass is 32.2. The van der Waals surface area contributed by atoms with Crippen LogP contribution >= 0.6 is 7.60 Å². The number of ether oxygens (including phenoxy) is 1. The van der Waals surface area contributed by atoms with Crippen molar-refractivity contribution in [2.75, 3.05) is 11.0 Å². The second-order valence-corrected chi connectivity index (χ2v) is 9.55. The van der Waals surface area contributed by atoms with Crippen molar-refractivity contribution in [1.29, 1.82) is 0 Å². The molecule has 3 aromatic carbocycles. The Morgan fingerprint density at radius 1 is 0.897 bits per heavy atom. The number of sulfonamides is 1. The number of anilines is 1. The Morgan fingerprint density at radius 2 is 1.41 bits per heavy atom. The van der Waals surface area contributed by atoms with Crippen LogP contribution in [0.3, 0.4) is 0 Å². The van der Waals surface area contributed by atoms with Crippen LogP contribution in [0.4, 0.5) is 10.1 Å². The molecule has 10 heteroatoms. The SMILES string of the molecule is CS(=O)(=O)Nc1ccc(-c2ccc(Oc3ccc(F)cc3)cc2)cc1P(=O)(O)O. The Morgan fingerprint density at radius 3 is 1.93 bits per heavy atom. The van der Waals surface area contributed by atoms with Crippen LogP contribution in [0.1, 0.15) is 0 Å². The lowest BCUT2D eigenvalue weighted by Gasteiger charge is -2.14. The van der Waals surface area contributed by atoms with Gasteiger partial charge in [-0.1, -0.05) is 18.2 Å². The Kier molecular flexibility index (Phi) is 5.77. The van der Waals surface area contributed by atoms with Crippen LogP contribution in [0.25, 0.3) is 11.1 Å². The minimum Gasteiger partial charge on any atom is -0.457 e. The summed E-state index contributed by atoms with van der Waals surface area (Å²) in [4.78, 5) is 19.2. The highest BCUT2D eigenvalue weighted by molar-refractivity contribution is 7.92. The molecule has 0 aliphatic rings. The van der Waals surface area contributed by atoms with Gasteiger partial charge in [-0.15, -0.1) is 0 Å². The maximum absolute atomic E-state index is 13.0. The van der Waals surface area contributed by atoms with Crippen LogP contribution in [-0.4, -0.2) is 24.5 Å². The summed E-state index contributed by atoms with van der Waals surface area (Å²) in [5.74, 6) is 0.576. The lowest BCUT2D eigenvalue weighted by molar-refractivity contribution is 0.387. The molecule has 7 nitrogen and oxygen atoms in total. The van der Waals surface area contributed by atoms with E-state index >= 15 is 0 Å². The molecule has 0 unspecified atom stereocenters. The predicted molar refractivity (Wildman–Crippen MR) is 108 cm³/mol. The van der Waals surface area contributed by atoms with Crippen LogP contribution in [0, 0.1) is 5.82 Å². The van der Waals surface area contributed by atoms with Gasteiger partial charge in [-0.25, -0.2) is 12.8 Å². The van der Waals surface area contributed by atoms with Crippen LogP contribution in [0.15, 0.2) is 66.7 Å². The molecule has 0 saturated carbocycles. The van der Waals surface area contributed by atoms with Crippen molar-refractivity contribution in [3.63, 3.8) is 0 Å². The molecule has 0 saturated heterocycles. The Labute approximate surface area is 167 Å². The van der Waals surface area contributed by atoms with Crippen molar-refractivity contribution in [2.45, 2.75) is 0 Å². The van der Waals surface area contributed by atoms with Crippen molar-refractivity contribution in [2.24, 2.45) is 0 Å². The Bertz CT molecular complexity index is 1170. The second-order valence-electron chi connectivity index (χ2n) is 6.23. The number of hydrogen-bond acceptors (Lipinski definition) is 4. The molecule has 0 radical (unpaired) electrons. The van der Waals surface area contributed by atoms with Gasteiger partial charge >= 0.3 is 7.60 Å². The van der Waals surface area contributed by atoms with Gasteiger partial charge in [0.05, 0.1) is 17.2 Å². The van der Waals surface area contributed by atoms with E-state index in [2.05, 4.69) is 4.72 Å². The van der Waals surface area contributed by atoms with Gasteiger partial charge in [0.15, 0.2) is 0 Å². The molecule has 0 atom stereocenters. The zero-order valence-electron chi connectivity index (χ0n) is 15.1. The minimum absolute atomic E-state index is 0.180. The molecule has 0 heterocycles. The van der Waals surface area contributed by atoms with Gasteiger partial charge in [0.1, 0.15) is 17.3 Å². The molecule has 152 valence electrons. The Balaban J connectivity index is 1.90. The molecule has 0 bridgehead atoms. The number of hydrogen-bond donors (Lipinski definition) is 3. The highest BCUT2D eigenvalue weighted by Gasteiger charge is 2.24. The molecule has 0 aliphatic heterocycles. The normalized spacial score (nSPS) is 11.9. The van der Waals surface area contributed by atoms with Crippen LogP contribution in [0.5, 0.6) is 11.5 Å². The highest BCUT2D eigenvalue weighted by Crippen LogP contribution is 2.38. The van der Waals surface area contributed by atoms with Gasteiger partial charge in [-0.3, -0.25) is 9.29 Å². The van der Waals surface area contributed by atoms with Gasteiger partial charge in [-0.05, 0) is 59.7 Å². The largest absolute Gasteiger partial charge is 0.457 e. The predicted octanol–water partition coefficient (Wildman–Crippen LogP) is 3.46. The minimum atomic E-state index is -4.73. The molecular weight excluding hydrogens is 420 g/mol. The topological polar surface area (TPSA) is 113 Å². The Hall–Kier alpha value is -2.71. The van der Waals surface area contributed by atoms with E-state index in [9.17, 15) is 27.2 Å². The van der Waals surface area contributed by atoms with E-state index in [1.807, 2.05) is 0 Å². The third-order valence-corrected chi connectivity index (χ3v) is 5.43. The molecule has 0 aliphatic carbocycles. The van der Waals surface area contributed by atoms with Gasteiger partial charge < -0.3 is 14.5 Å². The first-order chi connectivity index (χ1) is 13.5. The fraction of sp³-hybridized carbons (Fsp3) is 0.0526. The molecule has 3 aromatic rings. The number of halogens is 1. The fourth-order valence-corrected chi connectivity index (χ4v) is 4.00. The number of nitrogens with one attached hydrogen (secondary N) is 1. The first-order valence-corrected chi connectivity index (χ1v) is 11.7. The summed E-state index contributed by atoms with van der Waals surface area (Å²) in [6.07, 6.45) is 0.893. The van der Waals surface area contributed by atoms with E-state index in [1.54, 1.807) is 30.3 Å². The van der Waals surface area contributed by atoms with E-state index in [0.29, 0.717) is 22.6 Å². The van der Waals surface area contributed by atoms with Crippen LogP contribution in [0.2, 0.25) is 0 Å². The third-order valence-electron chi connectivity index (χ3n) is 3.84. The third kappa shape index (κ3) is 5.65. The summed E-state index contributed by atoms with van der Waals surface area (Å²) in [7, 11) is -8.44. The molecule has 3 N–H and O–H groups in total. The molecule has 0 amide bonds. The summed E-state index contributed by atoms with van der Waals surface area (Å²) < 4.78 is 55.4. The van der Waals surface area contributed by atoms with Gasteiger partial charge in [-0.2, -0.15) is 0 Å². The fourth-order valence-electron chi connectivity index (χ4n) is 2.59. The van der Waals surface area contributed by atoms with Crippen molar-refractivity contribution in [1.82, 2.24) is 0 Å². The zero-order valence-corrected chi connectivity index (χ0v) is 16.8. The summed E-state index contributed by atoms with van der Waals surface area (Å²) in [6, 6.07) is 16.3. The zero-order chi connectivity index (χ0) is 21.2. The van der Waals surface area contributed by atoms with Crippen LogP contribution in [-0.2, 0) is 14.6 Å². The average Bonchev–Trinajstić information content (AvgIpc) is 2.62. The first kappa shape index (κ1) is 21.0. The van der Waals surface area contributed by atoms with Crippen molar-refractivity contribution in [3.8, 4) is 22.6 Å². The van der Waals surface area contributed by atoms with Gasteiger partial charge in [0.2, 0.25) is 10.0 Å². The summed E-state index contributed by atoms with van der Waals surface area (Å²) in [5, 5.41) is -0.424. The molecule has 0 spiro atoms.